The first-order valence-electron chi connectivity index (χ1n) is 9.23. The van der Waals surface area contributed by atoms with Crippen LogP contribution in [-0.2, 0) is 20.9 Å². The van der Waals surface area contributed by atoms with Gasteiger partial charge in [-0.15, -0.1) is 18.3 Å². The Hall–Kier alpha value is -2.72. The van der Waals surface area contributed by atoms with Crippen LogP contribution in [0.4, 0.5) is 0 Å². The summed E-state index contributed by atoms with van der Waals surface area (Å²) in [5, 5.41) is 11.5. The van der Waals surface area contributed by atoms with Crippen LogP contribution in [0.5, 0.6) is 11.5 Å². The van der Waals surface area contributed by atoms with Gasteiger partial charge >= 0.3 is 0 Å². The Morgan fingerprint density at radius 3 is 2.90 bits per heavy atom. The molecule has 0 aliphatic carbocycles. The maximum Gasteiger partial charge on any atom is 0.231 e. The quantitative estimate of drug-likeness (QED) is 0.422. The SMILES string of the molecule is C=CCNC(=O)CC1CC(=O)NC(SCC(=O)NCc2ccc3c(c2)OCO3)N1. The second kappa shape index (κ2) is 10.2. The molecule has 2 heterocycles. The number of carbonyl (C=O) groups is 3. The van der Waals surface area contributed by atoms with E-state index in [-0.39, 0.29) is 49.2 Å². The molecule has 3 amide bonds. The summed E-state index contributed by atoms with van der Waals surface area (Å²) >= 11 is 1.27. The lowest BCUT2D eigenvalue weighted by atomic mass is 10.1. The van der Waals surface area contributed by atoms with Crippen molar-refractivity contribution in [2.24, 2.45) is 0 Å². The molecule has 1 aromatic rings. The Morgan fingerprint density at radius 2 is 2.07 bits per heavy atom. The fourth-order valence-electron chi connectivity index (χ4n) is 2.91. The molecule has 3 rings (SSSR count). The van der Waals surface area contributed by atoms with E-state index in [4.69, 9.17) is 9.47 Å². The van der Waals surface area contributed by atoms with E-state index in [9.17, 15) is 14.4 Å². The highest BCUT2D eigenvalue weighted by Gasteiger charge is 2.27. The molecule has 9 nitrogen and oxygen atoms in total. The highest BCUT2D eigenvalue weighted by atomic mass is 32.2. The standard InChI is InChI=1S/C19H24N4O5S/c1-2-5-20-16(24)7-13-8-17(25)23-19(22-13)29-10-18(26)21-9-12-3-4-14-15(6-12)28-11-27-14/h2-4,6,13,19,22H,1,5,7-11H2,(H,20,24)(H,21,26)(H,23,25). The Balaban J connectivity index is 1.40. The minimum Gasteiger partial charge on any atom is -0.454 e. The third-order valence-corrected chi connectivity index (χ3v) is 5.31. The molecule has 1 fully saturated rings. The molecule has 156 valence electrons. The number of thioether (sulfide) groups is 1. The van der Waals surface area contributed by atoms with Crippen molar-refractivity contribution in [3.05, 3.63) is 36.4 Å². The van der Waals surface area contributed by atoms with E-state index in [1.807, 2.05) is 18.2 Å². The molecule has 0 spiro atoms. The first-order chi connectivity index (χ1) is 14.0. The smallest absolute Gasteiger partial charge is 0.231 e. The molecule has 2 aliphatic heterocycles. The van der Waals surface area contributed by atoms with Crippen LogP contribution >= 0.6 is 11.8 Å². The number of carbonyl (C=O) groups excluding carboxylic acids is 3. The first kappa shape index (κ1) is 21.0. The van der Waals surface area contributed by atoms with Crippen LogP contribution in [0.15, 0.2) is 30.9 Å². The number of hydrogen-bond donors (Lipinski definition) is 4. The van der Waals surface area contributed by atoms with Crippen LogP contribution in [0.1, 0.15) is 18.4 Å². The summed E-state index contributed by atoms with van der Waals surface area (Å²) in [5.74, 6) is 1.07. The minimum absolute atomic E-state index is 0.150. The summed E-state index contributed by atoms with van der Waals surface area (Å²) in [6.45, 7) is 4.51. The lowest BCUT2D eigenvalue weighted by Crippen LogP contribution is -2.56. The van der Waals surface area contributed by atoms with Gasteiger partial charge in [-0.05, 0) is 17.7 Å². The summed E-state index contributed by atoms with van der Waals surface area (Å²) in [7, 11) is 0. The number of amides is 3. The average molecular weight is 420 g/mol. The second-order valence-corrected chi connectivity index (χ2v) is 7.68. The Bertz CT molecular complexity index is 788. The zero-order valence-electron chi connectivity index (χ0n) is 15.9. The van der Waals surface area contributed by atoms with Crippen LogP contribution in [-0.4, -0.2) is 48.4 Å². The van der Waals surface area contributed by atoms with E-state index < -0.39 is 5.50 Å². The van der Waals surface area contributed by atoms with E-state index >= 15 is 0 Å². The van der Waals surface area contributed by atoms with Crippen LogP contribution in [0.2, 0.25) is 0 Å². The van der Waals surface area contributed by atoms with E-state index in [0.717, 1.165) is 5.56 Å². The molecule has 0 saturated carbocycles. The van der Waals surface area contributed by atoms with Gasteiger partial charge in [0, 0.05) is 32.0 Å². The fourth-order valence-corrected chi connectivity index (χ4v) is 3.83. The normalized spacial score (nSPS) is 19.9. The third-order valence-electron chi connectivity index (χ3n) is 4.29. The van der Waals surface area contributed by atoms with Gasteiger partial charge in [-0.25, -0.2) is 0 Å². The Labute approximate surface area is 173 Å². The molecule has 2 atom stereocenters. The van der Waals surface area contributed by atoms with E-state index in [1.165, 1.54) is 11.8 Å². The van der Waals surface area contributed by atoms with Gasteiger partial charge in [-0.2, -0.15) is 0 Å². The molecule has 29 heavy (non-hydrogen) atoms. The molecule has 4 N–H and O–H groups in total. The molecule has 1 aromatic carbocycles. The van der Waals surface area contributed by atoms with Crippen molar-refractivity contribution in [1.29, 1.82) is 0 Å². The third kappa shape index (κ3) is 6.40. The van der Waals surface area contributed by atoms with Gasteiger partial charge < -0.3 is 25.4 Å². The second-order valence-electron chi connectivity index (χ2n) is 6.59. The summed E-state index contributed by atoms with van der Waals surface area (Å²) < 4.78 is 10.6. The number of nitrogens with one attached hydrogen (secondary N) is 4. The zero-order chi connectivity index (χ0) is 20.6. The van der Waals surface area contributed by atoms with Gasteiger partial charge in [0.05, 0.1) is 5.75 Å². The zero-order valence-corrected chi connectivity index (χ0v) is 16.7. The maximum atomic E-state index is 12.1. The molecule has 0 radical (unpaired) electrons. The molecule has 0 aromatic heterocycles. The molecular formula is C19H24N4O5S. The number of ether oxygens (including phenoxy) is 2. The monoisotopic (exact) mass is 420 g/mol. The van der Waals surface area contributed by atoms with Crippen LogP contribution < -0.4 is 30.7 Å². The summed E-state index contributed by atoms with van der Waals surface area (Å²) in [4.78, 5) is 35.9. The number of benzene rings is 1. The Morgan fingerprint density at radius 1 is 1.24 bits per heavy atom. The molecule has 2 aliphatic rings. The van der Waals surface area contributed by atoms with Gasteiger partial charge in [0.15, 0.2) is 11.5 Å². The van der Waals surface area contributed by atoms with Crippen molar-refractivity contribution >= 4 is 29.5 Å². The molecule has 10 heteroatoms. The Kier molecular flexibility index (Phi) is 7.36. The fraction of sp³-hybridized carbons (Fsp3) is 0.421. The molecular weight excluding hydrogens is 396 g/mol. The average Bonchev–Trinajstić information content (AvgIpc) is 3.16. The van der Waals surface area contributed by atoms with Gasteiger partial charge in [0.1, 0.15) is 5.50 Å². The van der Waals surface area contributed by atoms with E-state index in [2.05, 4.69) is 27.8 Å². The lowest BCUT2D eigenvalue weighted by Gasteiger charge is -2.30. The highest BCUT2D eigenvalue weighted by molar-refractivity contribution is 8.00. The topological polar surface area (TPSA) is 118 Å². The predicted molar refractivity (Wildman–Crippen MR) is 108 cm³/mol. The number of rotatable bonds is 9. The van der Waals surface area contributed by atoms with Crippen molar-refractivity contribution in [3.63, 3.8) is 0 Å². The van der Waals surface area contributed by atoms with Crippen LogP contribution in [0, 0.1) is 0 Å². The van der Waals surface area contributed by atoms with E-state index in [0.29, 0.717) is 24.6 Å². The van der Waals surface area contributed by atoms with Gasteiger partial charge in [0.2, 0.25) is 24.5 Å². The van der Waals surface area contributed by atoms with Crippen molar-refractivity contribution < 1.29 is 23.9 Å². The van der Waals surface area contributed by atoms with Crippen LogP contribution in [0.25, 0.3) is 0 Å². The molecule has 1 saturated heterocycles. The largest absolute Gasteiger partial charge is 0.454 e. The number of fused-ring (bicyclic) bond motifs is 1. The van der Waals surface area contributed by atoms with Crippen molar-refractivity contribution in [1.82, 2.24) is 21.3 Å². The van der Waals surface area contributed by atoms with E-state index in [1.54, 1.807) is 6.08 Å². The maximum absolute atomic E-state index is 12.1. The predicted octanol–water partition coefficient (Wildman–Crippen LogP) is 0.219. The first-order valence-corrected chi connectivity index (χ1v) is 10.3. The molecule has 0 bridgehead atoms. The van der Waals surface area contributed by atoms with Gasteiger partial charge in [-0.3, -0.25) is 19.7 Å². The van der Waals surface area contributed by atoms with Gasteiger partial charge in [-0.1, -0.05) is 12.1 Å². The highest BCUT2D eigenvalue weighted by Crippen LogP contribution is 2.32. The summed E-state index contributed by atoms with van der Waals surface area (Å²) in [6, 6.07) is 5.24. The van der Waals surface area contributed by atoms with Crippen molar-refractivity contribution in [2.75, 3.05) is 19.1 Å². The van der Waals surface area contributed by atoms with Crippen LogP contribution in [0.3, 0.4) is 0 Å². The summed E-state index contributed by atoms with van der Waals surface area (Å²) in [5.41, 5.74) is 0.479. The van der Waals surface area contributed by atoms with Crippen molar-refractivity contribution in [2.45, 2.75) is 30.9 Å². The lowest BCUT2D eigenvalue weighted by molar-refractivity contribution is -0.125. The van der Waals surface area contributed by atoms with Crippen molar-refractivity contribution in [3.8, 4) is 11.5 Å². The molecule has 2 unspecified atom stereocenters. The van der Waals surface area contributed by atoms with Gasteiger partial charge in [0.25, 0.3) is 0 Å². The summed E-state index contributed by atoms with van der Waals surface area (Å²) in [6.07, 6.45) is 2.00. The number of hydrogen-bond acceptors (Lipinski definition) is 7. The minimum atomic E-state index is -0.426.